The second kappa shape index (κ2) is 12.6. The molecule has 3 N–H and O–H groups in total. The maximum Gasteiger partial charge on any atom is 0.275 e. The number of H-pyrrole nitrogens is 1. The van der Waals surface area contributed by atoms with Gasteiger partial charge in [-0.2, -0.15) is 0 Å². The normalized spacial score (nSPS) is 11.0. The second-order valence-electron chi connectivity index (χ2n) is 8.86. The average Bonchev–Trinajstić information content (AvgIpc) is 3.44. The predicted octanol–water partition coefficient (Wildman–Crippen LogP) is 8.46. The molecule has 0 radical (unpaired) electrons. The van der Waals surface area contributed by atoms with Crippen molar-refractivity contribution in [1.82, 2.24) is 20.8 Å². The Kier molecular flexibility index (Phi) is 9.08. The standard InChI is InChI=1S/C29H16Cl6N4O4/c1-43-26-15(31)9-8-14(30)18(26)28(41)38-39-29(42)20-19(21(32)23(34)24(35)22(20)33)27-36-16-10-7-13(11-17(16)37-27)25(40)12-5-3-2-4-6-12/h2-11H,1H3,(H,36,37)(H,38,41)(H,39,42). The van der Waals surface area contributed by atoms with Crippen LogP contribution >= 0.6 is 69.6 Å². The van der Waals surface area contributed by atoms with E-state index in [9.17, 15) is 14.4 Å². The summed E-state index contributed by atoms with van der Waals surface area (Å²) in [5.41, 5.74) is 6.01. The minimum absolute atomic E-state index is 0.00156. The van der Waals surface area contributed by atoms with Crippen molar-refractivity contribution in [3.8, 4) is 17.1 Å². The summed E-state index contributed by atoms with van der Waals surface area (Å²) in [6, 6.07) is 16.5. The number of hydrogen-bond acceptors (Lipinski definition) is 5. The van der Waals surface area contributed by atoms with Crippen LogP contribution in [0.4, 0.5) is 0 Å². The van der Waals surface area contributed by atoms with Crippen LogP contribution in [0, 0.1) is 0 Å². The van der Waals surface area contributed by atoms with Crippen LogP contribution in [0.25, 0.3) is 22.4 Å². The fraction of sp³-hybridized carbons (Fsp3) is 0.0345. The van der Waals surface area contributed by atoms with Gasteiger partial charge in [-0.25, -0.2) is 4.98 Å². The van der Waals surface area contributed by atoms with E-state index in [0.717, 1.165) is 0 Å². The lowest BCUT2D eigenvalue weighted by molar-refractivity contribution is 0.0845. The molecule has 0 saturated heterocycles. The first-order chi connectivity index (χ1) is 20.5. The van der Waals surface area contributed by atoms with Gasteiger partial charge in [0.2, 0.25) is 0 Å². The molecule has 1 aromatic heterocycles. The zero-order valence-corrected chi connectivity index (χ0v) is 26.2. The molecule has 14 heteroatoms. The van der Waals surface area contributed by atoms with Crippen molar-refractivity contribution in [3.63, 3.8) is 0 Å². The highest BCUT2D eigenvalue weighted by atomic mass is 35.5. The average molecular weight is 697 g/mol. The van der Waals surface area contributed by atoms with E-state index in [0.29, 0.717) is 22.2 Å². The van der Waals surface area contributed by atoms with Crippen molar-refractivity contribution >= 4 is 98.2 Å². The molecule has 8 nitrogen and oxygen atoms in total. The van der Waals surface area contributed by atoms with Crippen molar-refractivity contribution in [2.75, 3.05) is 7.11 Å². The lowest BCUT2D eigenvalue weighted by atomic mass is 10.0. The fourth-order valence-corrected chi connectivity index (χ4v) is 5.77. The third-order valence-electron chi connectivity index (χ3n) is 6.29. The van der Waals surface area contributed by atoms with Gasteiger partial charge in [0.25, 0.3) is 11.8 Å². The van der Waals surface area contributed by atoms with Crippen LogP contribution in [0.5, 0.6) is 5.75 Å². The van der Waals surface area contributed by atoms with Crippen molar-refractivity contribution in [2.24, 2.45) is 0 Å². The molecule has 0 unspecified atom stereocenters. The van der Waals surface area contributed by atoms with Gasteiger partial charge in [0.05, 0.1) is 59.4 Å². The minimum Gasteiger partial charge on any atom is -0.494 e. The van der Waals surface area contributed by atoms with Gasteiger partial charge in [-0.3, -0.25) is 25.2 Å². The molecule has 0 bridgehead atoms. The topological polar surface area (TPSA) is 113 Å². The molecule has 0 fully saturated rings. The van der Waals surface area contributed by atoms with Crippen LogP contribution < -0.4 is 15.6 Å². The Morgan fingerprint density at radius 2 is 1.35 bits per heavy atom. The number of hydrogen-bond donors (Lipinski definition) is 3. The van der Waals surface area contributed by atoms with Gasteiger partial charge < -0.3 is 9.72 Å². The Labute approximate surface area is 274 Å². The highest BCUT2D eigenvalue weighted by Gasteiger charge is 2.29. The van der Waals surface area contributed by atoms with E-state index in [1.165, 1.54) is 19.2 Å². The summed E-state index contributed by atoms with van der Waals surface area (Å²) in [4.78, 5) is 47.0. The number of rotatable bonds is 6. The lowest BCUT2D eigenvalue weighted by Crippen LogP contribution is -2.42. The van der Waals surface area contributed by atoms with Crippen molar-refractivity contribution in [1.29, 1.82) is 0 Å². The number of amides is 2. The first kappa shape index (κ1) is 30.9. The molecule has 0 aliphatic heterocycles. The van der Waals surface area contributed by atoms with Gasteiger partial charge in [-0.15, -0.1) is 0 Å². The Morgan fingerprint density at radius 1 is 0.721 bits per heavy atom. The summed E-state index contributed by atoms with van der Waals surface area (Å²) < 4.78 is 5.19. The number of ether oxygens (including phenoxy) is 1. The van der Waals surface area contributed by atoms with E-state index in [2.05, 4.69) is 20.8 Å². The van der Waals surface area contributed by atoms with Crippen molar-refractivity contribution in [3.05, 3.63) is 113 Å². The first-order valence-corrected chi connectivity index (χ1v) is 14.4. The molecular formula is C29H16Cl6N4O4. The summed E-state index contributed by atoms with van der Waals surface area (Å²) in [5, 5.41) is -0.553. The number of ketones is 1. The smallest absolute Gasteiger partial charge is 0.275 e. The number of imidazole rings is 1. The molecule has 218 valence electrons. The molecule has 1 heterocycles. The fourth-order valence-electron chi connectivity index (χ4n) is 4.28. The van der Waals surface area contributed by atoms with Crippen molar-refractivity contribution < 1.29 is 19.1 Å². The number of fused-ring (bicyclic) bond motifs is 1. The number of hydrazine groups is 1. The summed E-state index contributed by atoms with van der Waals surface area (Å²) >= 11 is 38.0. The number of carbonyl (C=O) groups is 3. The number of nitrogens with zero attached hydrogens (tertiary/aromatic N) is 1. The van der Waals surface area contributed by atoms with Gasteiger partial charge in [0.1, 0.15) is 11.4 Å². The van der Waals surface area contributed by atoms with Crippen molar-refractivity contribution in [2.45, 2.75) is 0 Å². The maximum absolute atomic E-state index is 13.5. The van der Waals surface area contributed by atoms with Crippen LogP contribution in [0.1, 0.15) is 36.6 Å². The van der Waals surface area contributed by atoms with E-state index in [4.69, 9.17) is 74.3 Å². The summed E-state index contributed by atoms with van der Waals surface area (Å²) in [6.45, 7) is 0. The number of nitrogens with one attached hydrogen (secondary N) is 3. The van der Waals surface area contributed by atoms with Gasteiger partial charge >= 0.3 is 0 Å². The maximum atomic E-state index is 13.5. The number of halogens is 6. The third-order valence-corrected chi connectivity index (χ3v) is 8.71. The molecule has 0 saturated carbocycles. The number of aromatic nitrogens is 2. The summed E-state index contributed by atoms with van der Waals surface area (Å²) in [7, 11) is 1.31. The highest BCUT2D eigenvalue weighted by Crippen LogP contribution is 2.45. The molecule has 0 aliphatic carbocycles. The lowest BCUT2D eigenvalue weighted by Gasteiger charge is -2.16. The van der Waals surface area contributed by atoms with E-state index in [-0.39, 0.29) is 64.2 Å². The monoisotopic (exact) mass is 694 g/mol. The number of benzene rings is 4. The van der Waals surface area contributed by atoms with Crippen LogP contribution in [0.2, 0.25) is 30.1 Å². The van der Waals surface area contributed by atoms with Gasteiger partial charge in [0, 0.05) is 11.1 Å². The first-order valence-electron chi connectivity index (χ1n) is 12.1. The molecule has 43 heavy (non-hydrogen) atoms. The zero-order chi connectivity index (χ0) is 31.0. The second-order valence-corrected chi connectivity index (χ2v) is 11.2. The Hall–Kier alpha value is -3.50. The molecule has 0 aliphatic rings. The van der Waals surface area contributed by atoms with Gasteiger partial charge in [0.15, 0.2) is 11.5 Å². The highest BCUT2D eigenvalue weighted by molar-refractivity contribution is 6.54. The molecule has 0 spiro atoms. The largest absolute Gasteiger partial charge is 0.494 e. The number of methoxy groups -OCH3 is 1. The third kappa shape index (κ3) is 5.87. The Balaban J connectivity index is 1.53. The van der Waals surface area contributed by atoms with Crippen LogP contribution in [-0.2, 0) is 0 Å². The minimum atomic E-state index is -0.911. The predicted molar refractivity (Wildman–Crippen MR) is 169 cm³/mol. The zero-order valence-electron chi connectivity index (χ0n) is 21.6. The van der Waals surface area contributed by atoms with E-state index < -0.39 is 11.8 Å². The van der Waals surface area contributed by atoms with Crippen LogP contribution in [0.3, 0.4) is 0 Å². The molecule has 5 aromatic rings. The summed E-state index contributed by atoms with van der Waals surface area (Å²) in [5.74, 6) is -1.83. The van der Waals surface area contributed by atoms with E-state index >= 15 is 0 Å². The number of aromatic amines is 1. The molecule has 4 aromatic carbocycles. The van der Waals surface area contributed by atoms with E-state index in [1.54, 1.807) is 42.5 Å². The number of carbonyl (C=O) groups excluding carboxylic acids is 3. The van der Waals surface area contributed by atoms with Crippen LogP contribution in [-0.4, -0.2) is 34.7 Å². The van der Waals surface area contributed by atoms with E-state index in [1.807, 2.05) is 6.07 Å². The molecule has 0 atom stereocenters. The molecule has 2 amide bonds. The van der Waals surface area contributed by atoms with Gasteiger partial charge in [-0.05, 0) is 30.3 Å². The molecular weight excluding hydrogens is 681 g/mol. The quantitative estimate of drug-likeness (QED) is 0.0714. The Bertz CT molecular complexity index is 1950. The SMILES string of the molecule is COc1c(Cl)ccc(Cl)c1C(=O)NNC(=O)c1c(Cl)c(Cl)c(Cl)c(Cl)c1-c1nc2ccc(C(=O)c3ccccc3)cc2[nH]1. The van der Waals surface area contributed by atoms with Crippen LogP contribution in [0.15, 0.2) is 60.7 Å². The Morgan fingerprint density at radius 3 is 2.02 bits per heavy atom. The van der Waals surface area contributed by atoms with Gasteiger partial charge in [-0.1, -0.05) is 99.9 Å². The summed E-state index contributed by atoms with van der Waals surface area (Å²) in [6.07, 6.45) is 0. The molecule has 5 rings (SSSR count).